The summed E-state index contributed by atoms with van der Waals surface area (Å²) in [6, 6.07) is 0.127. The van der Waals surface area contributed by atoms with Crippen molar-refractivity contribution in [3.8, 4) is 0 Å². The topological polar surface area (TPSA) is 32.3 Å². The maximum absolute atomic E-state index is 11.2. The van der Waals surface area contributed by atoms with Crippen LogP contribution in [0.25, 0.3) is 0 Å². The number of amides is 2. The minimum Gasteiger partial charge on any atom is -0.336 e. The van der Waals surface area contributed by atoms with Crippen molar-refractivity contribution in [2.24, 2.45) is 11.8 Å². The molecule has 1 heterocycles. The lowest BCUT2D eigenvalue weighted by molar-refractivity contribution is 0.207. The van der Waals surface area contributed by atoms with Crippen LogP contribution in [0.2, 0.25) is 0 Å². The molecule has 1 saturated carbocycles. The van der Waals surface area contributed by atoms with Gasteiger partial charge in [0.05, 0.1) is 0 Å². The first-order chi connectivity index (χ1) is 5.77. The molecule has 0 radical (unpaired) electrons. The van der Waals surface area contributed by atoms with Crippen molar-refractivity contribution >= 4 is 6.03 Å². The van der Waals surface area contributed by atoms with Crippen molar-refractivity contribution < 1.29 is 4.79 Å². The molecule has 0 aromatic carbocycles. The number of hydrogen-bond donors (Lipinski definition) is 1. The summed E-state index contributed by atoms with van der Waals surface area (Å²) in [7, 11) is 0. The lowest BCUT2D eigenvalue weighted by atomic mass is 10.1. The van der Waals surface area contributed by atoms with Crippen molar-refractivity contribution in [3.63, 3.8) is 0 Å². The molecule has 2 aliphatic rings. The number of nitrogens with one attached hydrogen (secondary N) is 1. The first-order valence-corrected chi connectivity index (χ1v) is 4.80. The van der Waals surface area contributed by atoms with Crippen molar-refractivity contribution in [3.05, 3.63) is 0 Å². The molecule has 68 valence electrons. The van der Waals surface area contributed by atoms with Crippen LogP contribution >= 0.6 is 0 Å². The molecule has 1 unspecified atom stereocenters. The molecule has 1 atom stereocenters. The molecule has 2 rings (SSSR count). The molecule has 1 aliphatic heterocycles. The highest BCUT2D eigenvalue weighted by molar-refractivity contribution is 5.76. The molecule has 1 aliphatic carbocycles. The van der Waals surface area contributed by atoms with Crippen LogP contribution in [0.1, 0.15) is 19.8 Å². The van der Waals surface area contributed by atoms with E-state index in [2.05, 4.69) is 12.2 Å². The van der Waals surface area contributed by atoms with E-state index in [0.29, 0.717) is 5.92 Å². The van der Waals surface area contributed by atoms with Gasteiger partial charge in [-0.1, -0.05) is 6.92 Å². The van der Waals surface area contributed by atoms with Crippen molar-refractivity contribution in [1.29, 1.82) is 0 Å². The largest absolute Gasteiger partial charge is 0.336 e. The van der Waals surface area contributed by atoms with E-state index in [1.807, 2.05) is 4.90 Å². The Hall–Kier alpha value is -0.730. The molecule has 1 saturated heterocycles. The second-order valence-corrected chi connectivity index (χ2v) is 3.99. The minimum atomic E-state index is 0.127. The predicted octanol–water partition coefficient (Wildman–Crippen LogP) is 1.06. The highest BCUT2D eigenvalue weighted by atomic mass is 16.2. The Morgan fingerprint density at radius 2 is 2.42 bits per heavy atom. The standard InChI is InChI=1S/C9H16N2O/c1-7(8-2-3-8)6-11-5-4-10-9(11)12/h7-8H,2-6H2,1H3,(H,10,12). The van der Waals surface area contributed by atoms with Gasteiger partial charge in [-0.05, 0) is 24.7 Å². The molecular weight excluding hydrogens is 152 g/mol. The molecule has 12 heavy (non-hydrogen) atoms. The normalized spacial score (nSPS) is 25.8. The summed E-state index contributed by atoms with van der Waals surface area (Å²) in [5.41, 5.74) is 0. The first kappa shape index (κ1) is 7.90. The summed E-state index contributed by atoms with van der Waals surface area (Å²) >= 11 is 0. The molecule has 0 spiro atoms. The highest BCUT2D eigenvalue weighted by Crippen LogP contribution is 2.36. The van der Waals surface area contributed by atoms with E-state index in [4.69, 9.17) is 0 Å². The van der Waals surface area contributed by atoms with E-state index in [9.17, 15) is 4.79 Å². The zero-order chi connectivity index (χ0) is 8.55. The van der Waals surface area contributed by atoms with Gasteiger partial charge in [0.2, 0.25) is 0 Å². The van der Waals surface area contributed by atoms with Crippen LogP contribution in [0.15, 0.2) is 0 Å². The van der Waals surface area contributed by atoms with E-state index in [1.54, 1.807) is 0 Å². The fraction of sp³-hybridized carbons (Fsp3) is 0.889. The molecule has 3 nitrogen and oxygen atoms in total. The molecule has 1 N–H and O–H groups in total. The molecule has 3 heteroatoms. The van der Waals surface area contributed by atoms with Gasteiger partial charge in [-0.15, -0.1) is 0 Å². The lowest BCUT2D eigenvalue weighted by Crippen LogP contribution is -2.32. The second kappa shape index (κ2) is 2.96. The molecule has 2 amide bonds. The third-order valence-corrected chi connectivity index (χ3v) is 2.88. The molecular formula is C9H16N2O. The van der Waals surface area contributed by atoms with Crippen LogP contribution in [0, 0.1) is 11.8 Å². The van der Waals surface area contributed by atoms with Crippen LogP contribution in [0.5, 0.6) is 0 Å². The Balaban J connectivity index is 1.80. The zero-order valence-electron chi connectivity index (χ0n) is 7.55. The Labute approximate surface area is 73.1 Å². The predicted molar refractivity (Wildman–Crippen MR) is 46.9 cm³/mol. The van der Waals surface area contributed by atoms with Crippen LogP contribution in [-0.4, -0.2) is 30.6 Å². The Morgan fingerprint density at radius 3 is 2.92 bits per heavy atom. The maximum Gasteiger partial charge on any atom is 0.317 e. The summed E-state index contributed by atoms with van der Waals surface area (Å²) in [5.74, 6) is 1.60. The Morgan fingerprint density at radius 1 is 1.67 bits per heavy atom. The van der Waals surface area contributed by atoms with Gasteiger partial charge in [0.1, 0.15) is 0 Å². The van der Waals surface area contributed by atoms with Gasteiger partial charge in [-0.25, -0.2) is 4.79 Å². The van der Waals surface area contributed by atoms with Gasteiger partial charge in [-0.2, -0.15) is 0 Å². The fourth-order valence-corrected chi connectivity index (χ4v) is 1.85. The highest BCUT2D eigenvalue weighted by Gasteiger charge is 2.31. The third kappa shape index (κ3) is 1.54. The summed E-state index contributed by atoms with van der Waals surface area (Å²) in [5, 5.41) is 2.82. The molecule has 0 aromatic rings. The molecule has 0 bridgehead atoms. The van der Waals surface area contributed by atoms with Gasteiger partial charge < -0.3 is 10.2 Å². The van der Waals surface area contributed by atoms with Crippen LogP contribution < -0.4 is 5.32 Å². The Kier molecular flexibility index (Phi) is 1.95. The van der Waals surface area contributed by atoms with Gasteiger partial charge >= 0.3 is 6.03 Å². The van der Waals surface area contributed by atoms with E-state index in [0.717, 1.165) is 25.6 Å². The van der Waals surface area contributed by atoms with Gasteiger partial charge in [0, 0.05) is 19.6 Å². The van der Waals surface area contributed by atoms with Crippen LogP contribution in [-0.2, 0) is 0 Å². The third-order valence-electron chi connectivity index (χ3n) is 2.88. The molecule has 0 aromatic heterocycles. The Bertz CT molecular complexity index is 189. The maximum atomic E-state index is 11.2. The average Bonchev–Trinajstić information content (AvgIpc) is 2.80. The van der Waals surface area contributed by atoms with Crippen LogP contribution in [0.4, 0.5) is 4.79 Å². The monoisotopic (exact) mass is 168 g/mol. The smallest absolute Gasteiger partial charge is 0.317 e. The average molecular weight is 168 g/mol. The van der Waals surface area contributed by atoms with E-state index in [1.165, 1.54) is 12.8 Å². The summed E-state index contributed by atoms with van der Waals surface area (Å²) in [6.07, 6.45) is 2.74. The summed E-state index contributed by atoms with van der Waals surface area (Å²) < 4.78 is 0. The zero-order valence-corrected chi connectivity index (χ0v) is 7.55. The summed E-state index contributed by atoms with van der Waals surface area (Å²) in [4.78, 5) is 13.1. The van der Waals surface area contributed by atoms with E-state index >= 15 is 0 Å². The van der Waals surface area contributed by atoms with Crippen LogP contribution in [0.3, 0.4) is 0 Å². The second-order valence-electron chi connectivity index (χ2n) is 3.99. The number of carbonyl (C=O) groups is 1. The number of hydrogen-bond acceptors (Lipinski definition) is 1. The number of rotatable bonds is 3. The number of urea groups is 1. The van der Waals surface area contributed by atoms with Crippen molar-refractivity contribution in [2.75, 3.05) is 19.6 Å². The van der Waals surface area contributed by atoms with Crippen molar-refractivity contribution in [1.82, 2.24) is 10.2 Å². The first-order valence-electron chi connectivity index (χ1n) is 4.80. The fourth-order valence-electron chi connectivity index (χ4n) is 1.85. The van der Waals surface area contributed by atoms with Crippen molar-refractivity contribution in [2.45, 2.75) is 19.8 Å². The lowest BCUT2D eigenvalue weighted by Gasteiger charge is -2.18. The van der Waals surface area contributed by atoms with Gasteiger partial charge in [-0.3, -0.25) is 0 Å². The summed E-state index contributed by atoms with van der Waals surface area (Å²) in [6.45, 7) is 4.94. The quantitative estimate of drug-likeness (QED) is 0.671. The van der Waals surface area contributed by atoms with Gasteiger partial charge in [0.15, 0.2) is 0 Å². The minimum absolute atomic E-state index is 0.127. The molecule has 2 fully saturated rings. The van der Waals surface area contributed by atoms with E-state index < -0.39 is 0 Å². The number of nitrogens with zero attached hydrogens (tertiary/aromatic N) is 1. The SMILES string of the molecule is CC(CN1CCNC1=O)C1CC1. The number of carbonyl (C=O) groups excluding carboxylic acids is 1. The van der Waals surface area contributed by atoms with E-state index in [-0.39, 0.29) is 6.03 Å². The van der Waals surface area contributed by atoms with Gasteiger partial charge in [0.25, 0.3) is 0 Å².